The SMILES string of the molecule is COc1ccc(C)cc1N(CC(=O)N(Cc1cccc(Cl)c1)[C@H](Cc1ccccc1)C(=O)NC1CCCCC1)S(C)(=O)=O. The zero-order valence-corrected chi connectivity index (χ0v) is 26.5. The van der Waals surface area contributed by atoms with Crippen molar-refractivity contribution in [3.8, 4) is 5.75 Å². The molecule has 0 unspecified atom stereocenters. The number of hydrogen-bond acceptors (Lipinski definition) is 5. The zero-order chi connectivity index (χ0) is 31.0. The summed E-state index contributed by atoms with van der Waals surface area (Å²) >= 11 is 6.30. The van der Waals surface area contributed by atoms with Crippen LogP contribution in [0.25, 0.3) is 0 Å². The maximum atomic E-state index is 14.3. The van der Waals surface area contributed by atoms with Gasteiger partial charge < -0.3 is 15.0 Å². The lowest BCUT2D eigenvalue weighted by molar-refractivity contribution is -0.140. The number of nitrogens with zero attached hydrogens (tertiary/aromatic N) is 2. The molecule has 2 amide bonds. The number of halogens is 1. The highest BCUT2D eigenvalue weighted by Crippen LogP contribution is 2.31. The van der Waals surface area contributed by atoms with E-state index in [0.29, 0.717) is 10.8 Å². The molecule has 4 rings (SSSR count). The fraction of sp³-hybridized carbons (Fsp3) is 0.394. The highest BCUT2D eigenvalue weighted by molar-refractivity contribution is 7.92. The summed E-state index contributed by atoms with van der Waals surface area (Å²) in [5.74, 6) is -0.458. The van der Waals surface area contributed by atoms with Crippen LogP contribution in [0.1, 0.15) is 48.8 Å². The summed E-state index contributed by atoms with van der Waals surface area (Å²) in [6.45, 7) is 1.39. The van der Waals surface area contributed by atoms with E-state index in [4.69, 9.17) is 16.3 Å². The van der Waals surface area contributed by atoms with E-state index in [-0.39, 0.29) is 30.6 Å². The van der Waals surface area contributed by atoms with Crippen molar-refractivity contribution in [2.45, 2.75) is 64.1 Å². The van der Waals surface area contributed by atoms with Crippen molar-refractivity contribution < 1.29 is 22.7 Å². The Kier molecular flexibility index (Phi) is 11.1. The van der Waals surface area contributed by atoms with Crippen LogP contribution in [-0.4, -0.2) is 57.1 Å². The van der Waals surface area contributed by atoms with Crippen LogP contribution in [0.15, 0.2) is 72.8 Å². The first kappa shape index (κ1) is 32.4. The molecule has 3 aromatic carbocycles. The number of nitrogens with one attached hydrogen (secondary N) is 1. The summed E-state index contributed by atoms with van der Waals surface area (Å²) in [5.41, 5.74) is 2.67. The van der Waals surface area contributed by atoms with Gasteiger partial charge in [-0.3, -0.25) is 13.9 Å². The first-order valence-corrected chi connectivity index (χ1v) is 16.8. The van der Waals surface area contributed by atoms with Gasteiger partial charge in [0.1, 0.15) is 18.3 Å². The highest BCUT2D eigenvalue weighted by Gasteiger charge is 2.34. The van der Waals surface area contributed by atoms with Gasteiger partial charge in [0.25, 0.3) is 0 Å². The van der Waals surface area contributed by atoms with Crippen molar-refractivity contribution in [2.75, 3.05) is 24.2 Å². The van der Waals surface area contributed by atoms with Crippen molar-refractivity contribution in [3.05, 3.63) is 94.5 Å². The maximum absolute atomic E-state index is 14.3. The first-order chi connectivity index (χ1) is 20.5. The Hall–Kier alpha value is -3.56. The molecule has 1 fully saturated rings. The molecule has 1 aliphatic rings. The van der Waals surface area contributed by atoms with Crippen molar-refractivity contribution >= 4 is 39.1 Å². The number of aryl methyl sites for hydroxylation is 1. The van der Waals surface area contributed by atoms with Crippen LogP contribution >= 0.6 is 11.6 Å². The molecule has 0 aliphatic heterocycles. The van der Waals surface area contributed by atoms with Crippen molar-refractivity contribution in [3.63, 3.8) is 0 Å². The van der Waals surface area contributed by atoms with Crippen LogP contribution in [0.5, 0.6) is 5.75 Å². The molecule has 43 heavy (non-hydrogen) atoms. The molecule has 8 nitrogen and oxygen atoms in total. The molecule has 3 aromatic rings. The Morgan fingerprint density at radius 3 is 2.33 bits per heavy atom. The summed E-state index contributed by atoms with van der Waals surface area (Å²) < 4.78 is 32.8. The maximum Gasteiger partial charge on any atom is 0.244 e. The molecular formula is C33H40ClN3O5S. The number of sulfonamides is 1. The van der Waals surface area contributed by atoms with Crippen molar-refractivity contribution in [1.82, 2.24) is 10.2 Å². The number of methoxy groups -OCH3 is 1. The van der Waals surface area contributed by atoms with Crippen LogP contribution in [-0.2, 0) is 32.6 Å². The zero-order valence-electron chi connectivity index (χ0n) is 25.0. The van der Waals surface area contributed by atoms with E-state index >= 15 is 0 Å². The van der Waals surface area contributed by atoms with Gasteiger partial charge in [-0.05, 0) is 60.7 Å². The fourth-order valence-electron chi connectivity index (χ4n) is 5.52. The molecule has 0 aromatic heterocycles. The lowest BCUT2D eigenvalue weighted by Crippen LogP contribution is -2.55. The lowest BCUT2D eigenvalue weighted by Gasteiger charge is -2.35. The fourth-order valence-corrected chi connectivity index (χ4v) is 6.58. The Labute approximate surface area is 260 Å². The van der Waals surface area contributed by atoms with Gasteiger partial charge >= 0.3 is 0 Å². The van der Waals surface area contributed by atoms with E-state index in [9.17, 15) is 18.0 Å². The number of carbonyl (C=O) groups is 2. The first-order valence-electron chi connectivity index (χ1n) is 14.6. The second kappa shape index (κ2) is 14.8. The quantitative estimate of drug-likeness (QED) is 0.286. The van der Waals surface area contributed by atoms with Crippen LogP contribution in [0.4, 0.5) is 5.69 Å². The molecule has 1 aliphatic carbocycles. The van der Waals surface area contributed by atoms with E-state index in [1.165, 1.54) is 12.0 Å². The summed E-state index contributed by atoms with van der Waals surface area (Å²) in [4.78, 5) is 29.9. The van der Waals surface area contributed by atoms with Gasteiger partial charge in [0.2, 0.25) is 21.8 Å². The van der Waals surface area contributed by atoms with E-state index in [1.54, 1.807) is 30.3 Å². The average Bonchev–Trinajstić information content (AvgIpc) is 2.98. The number of hydrogen-bond donors (Lipinski definition) is 1. The molecule has 0 bridgehead atoms. The third-order valence-electron chi connectivity index (χ3n) is 7.75. The monoisotopic (exact) mass is 625 g/mol. The third-order valence-corrected chi connectivity index (χ3v) is 9.11. The van der Waals surface area contributed by atoms with E-state index in [0.717, 1.165) is 59.4 Å². The van der Waals surface area contributed by atoms with E-state index in [1.807, 2.05) is 49.4 Å². The molecule has 1 saturated carbocycles. The third kappa shape index (κ3) is 8.97. The van der Waals surface area contributed by atoms with Gasteiger partial charge in [-0.25, -0.2) is 8.42 Å². The topological polar surface area (TPSA) is 96.0 Å². The normalized spacial score (nSPS) is 14.5. The Morgan fingerprint density at radius 2 is 1.67 bits per heavy atom. The Morgan fingerprint density at radius 1 is 0.977 bits per heavy atom. The molecule has 1 atom stereocenters. The van der Waals surface area contributed by atoms with Crippen LogP contribution in [0, 0.1) is 6.92 Å². The predicted molar refractivity (Wildman–Crippen MR) is 171 cm³/mol. The molecule has 0 radical (unpaired) electrons. The molecular weight excluding hydrogens is 586 g/mol. The second-order valence-corrected chi connectivity index (χ2v) is 13.5. The summed E-state index contributed by atoms with van der Waals surface area (Å²) in [6.07, 6.45) is 6.33. The number of ether oxygens (including phenoxy) is 1. The van der Waals surface area contributed by atoms with Crippen LogP contribution < -0.4 is 14.4 Å². The van der Waals surface area contributed by atoms with Gasteiger partial charge in [0, 0.05) is 24.0 Å². The van der Waals surface area contributed by atoms with Gasteiger partial charge in [-0.1, -0.05) is 79.4 Å². The molecule has 10 heteroatoms. The standard InChI is InChI=1S/C33H40ClN3O5S/c1-24-17-18-31(42-2)29(19-24)37(43(3,40)41)23-32(38)36(22-26-13-10-14-27(34)20-26)30(21-25-11-6-4-7-12-25)33(39)35-28-15-8-5-9-16-28/h4,6-7,10-14,17-20,28,30H,5,8-9,15-16,21-23H2,1-3H3,(H,35,39)/t30-/m1/s1. The Bertz CT molecular complexity index is 1510. The van der Waals surface area contributed by atoms with E-state index < -0.39 is 28.5 Å². The smallest absolute Gasteiger partial charge is 0.244 e. The minimum Gasteiger partial charge on any atom is -0.495 e. The number of amides is 2. The Balaban J connectivity index is 1.75. The summed E-state index contributed by atoms with van der Waals surface area (Å²) in [7, 11) is -2.47. The molecule has 1 N–H and O–H groups in total. The number of carbonyl (C=O) groups excluding carboxylic acids is 2. The van der Waals surface area contributed by atoms with Gasteiger partial charge in [-0.15, -0.1) is 0 Å². The predicted octanol–water partition coefficient (Wildman–Crippen LogP) is 5.51. The summed E-state index contributed by atoms with van der Waals surface area (Å²) in [6, 6.07) is 20.9. The minimum absolute atomic E-state index is 0.0340. The van der Waals surface area contributed by atoms with Gasteiger partial charge in [0.05, 0.1) is 19.1 Å². The average molecular weight is 626 g/mol. The molecule has 0 heterocycles. The summed E-state index contributed by atoms with van der Waals surface area (Å²) in [5, 5.41) is 3.70. The van der Waals surface area contributed by atoms with Crippen LogP contribution in [0.3, 0.4) is 0 Å². The molecule has 0 spiro atoms. The second-order valence-electron chi connectivity index (χ2n) is 11.1. The minimum atomic E-state index is -3.92. The largest absolute Gasteiger partial charge is 0.495 e. The van der Waals surface area contributed by atoms with Gasteiger partial charge in [-0.2, -0.15) is 0 Å². The number of anilines is 1. The molecule has 230 valence electrons. The number of benzene rings is 3. The molecule has 0 saturated heterocycles. The van der Waals surface area contributed by atoms with Crippen molar-refractivity contribution in [1.29, 1.82) is 0 Å². The van der Waals surface area contributed by atoms with Gasteiger partial charge in [0.15, 0.2) is 0 Å². The lowest BCUT2D eigenvalue weighted by atomic mass is 9.94. The highest BCUT2D eigenvalue weighted by atomic mass is 35.5. The van der Waals surface area contributed by atoms with Crippen molar-refractivity contribution in [2.24, 2.45) is 0 Å². The number of rotatable bonds is 12. The van der Waals surface area contributed by atoms with Crippen LogP contribution in [0.2, 0.25) is 5.02 Å². The van der Waals surface area contributed by atoms with E-state index in [2.05, 4.69) is 5.32 Å².